The van der Waals surface area contributed by atoms with E-state index >= 15 is 0 Å². The normalized spacial score (nSPS) is 10.3. The van der Waals surface area contributed by atoms with E-state index in [0.717, 1.165) is 13.0 Å². The Hall–Kier alpha value is -1.98. The molecule has 0 atom stereocenters. The van der Waals surface area contributed by atoms with Gasteiger partial charge in [0.2, 0.25) is 5.91 Å². The fourth-order valence-electron chi connectivity index (χ4n) is 1.75. The van der Waals surface area contributed by atoms with Gasteiger partial charge in [0.1, 0.15) is 5.69 Å². The van der Waals surface area contributed by atoms with Crippen molar-refractivity contribution in [3.63, 3.8) is 0 Å². The first-order valence-corrected chi connectivity index (χ1v) is 6.28. The maximum absolute atomic E-state index is 12.3. The molecule has 0 aliphatic carbocycles. The summed E-state index contributed by atoms with van der Waals surface area (Å²) >= 11 is 0. The summed E-state index contributed by atoms with van der Waals surface area (Å²) in [4.78, 5) is 26.8. The number of hydrogen-bond donors (Lipinski definition) is 1. The molecule has 0 unspecified atom stereocenters. The standard InChI is InChI=1S/C13H22N4O2/c1-5-6-17-8-10(14)7-11(17)13(19)16(4)9-12(18)15(2)3/h7-8H,5-6,9,14H2,1-4H3. The smallest absolute Gasteiger partial charge is 0.270 e. The lowest BCUT2D eigenvalue weighted by atomic mass is 10.3. The predicted octanol–water partition coefficient (Wildman–Crippen LogP) is 0.640. The summed E-state index contributed by atoms with van der Waals surface area (Å²) in [7, 11) is 4.94. The molecule has 0 saturated heterocycles. The molecule has 1 rings (SSSR count). The van der Waals surface area contributed by atoms with E-state index in [9.17, 15) is 9.59 Å². The zero-order valence-corrected chi connectivity index (χ0v) is 12.0. The Kier molecular flexibility index (Phi) is 4.97. The average Bonchev–Trinajstić information content (AvgIpc) is 2.69. The molecule has 106 valence electrons. The first-order chi connectivity index (χ1) is 8.86. The van der Waals surface area contributed by atoms with Gasteiger partial charge in [0, 0.05) is 33.9 Å². The number of carbonyl (C=O) groups is 2. The van der Waals surface area contributed by atoms with Crippen LogP contribution in [0.1, 0.15) is 23.8 Å². The van der Waals surface area contributed by atoms with Crippen molar-refractivity contribution in [1.29, 1.82) is 0 Å². The lowest BCUT2D eigenvalue weighted by molar-refractivity contribution is -0.129. The van der Waals surface area contributed by atoms with E-state index in [4.69, 9.17) is 5.73 Å². The summed E-state index contributed by atoms with van der Waals surface area (Å²) in [6, 6.07) is 1.65. The summed E-state index contributed by atoms with van der Waals surface area (Å²) in [5.41, 5.74) is 6.81. The number of aromatic nitrogens is 1. The van der Waals surface area contributed by atoms with Crippen LogP contribution in [0.25, 0.3) is 0 Å². The van der Waals surface area contributed by atoms with Crippen LogP contribution in [0.3, 0.4) is 0 Å². The minimum Gasteiger partial charge on any atom is -0.397 e. The van der Waals surface area contributed by atoms with E-state index in [-0.39, 0.29) is 18.4 Å². The van der Waals surface area contributed by atoms with Crippen molar-refractivity contribution in [2.75, 3.05) is 33.4 Å². The van der Waals surface area contributed by atoms with Gasteiger partial charge in [-0.25, -0.2) is 0 Å². The highest BCUT2D eigenvalue weighted by Gasteiger charge is 2.19. The van der Waals surface area contributed by atoms with Crippen molar-refractivity contribution < 1.29 is 9.59 Å². The SMILES string of the molecule is CCCn1cc(N)cc1C(=O)N(C)CC(=O)N(C)C. The largest absolute Gasteiger partial charge is 0.397 e. The second kappa shape index (κ2) is 6.26. The maximum atomic E-state index is 12.3. The van der Waals surface area contributed by atoms with Crippen molar-refractivity contribution in [2.45, 2.75) is 19.9 Å². The van der Waals surface area contributed by atoms with Crippen molar-refractivity contribution in [2.24, 2.45) is 0 Å². The monoisotopic (exact) mass is 266 g/mol. The molecule has 0 spiro atoms. The summed E-state index contributed by atoms with van der Waals surface area (Å²) in [5.74, 6) is -0.308. The molecule has 2 amide bonds. The number of aryl methyl sites for hydroxylation is 1. The Bertz CT molecular complexity index is 465. The zero-order chi connectivity index (χ0) is 14.6. The van der Waals surface area contributed by atoms with Crippen LogP contribution in [0.15, 0.2) is 12.3 Å². The molecule has 6 nitrogen and oxygen atoms in total. The van der Waals surface area contributed by atoms with E-state index in [1.807, 2.05) is 11.5 Å². The molecule has 0 saturated carbocycles. The van der Waals surface area contributed by atoms with Crippen molar-refractivity contribution in [3.8, 4) is 0 Å². The minimum absolute atomic E-state index is 0.0586. The maximum Gasteiger partial charge on any atom is 0.270 e. The van der Waals surface area contributed by atoms with Gasteiger partial charge >= 0.3 is 0 Å². The molecule has 0 aliphatic rings. The molecular weight excluding hydrogens is 244 g/mol. The highest BCUT2D eigenvalue weighted by atomic mass is 16.2. The molecule has 19 heavy (non-hydrogen) atoms. The number of likely N-dealkylation sites (N-methyl/N-ethyl adjacent to an activating group) is 2. The number of nitrogens with zero attached hydrogens (tertiary/aromatic N) is 3. The van der Waals surface area contributed by atoms with Gasteiger partial charge in [0.25, 0.3) is 5.91 Å². The van der Waals surface area contributed by atoms with E-state index in [2.05, 4.69) is 0 Å². The third kappa shape index (κ3) is 3.74. The number of amides is 2. The lowest BCUT2D eigenvalue weighted by Gasteiger charge is -2.20. The highest BCUT2D eigenvalue weighted by molar-refractivity contribution is 5.95. The molecule has 2 N–H and O–H groups in total. The molecule has 1 aromatic rings. The summed E-state index contributed by atoms with van der Waals surface area (Å²) in [5, 5.41) is 0. The molecule has 0 aromatic carbocycles. The van der Waals surface area contributed by atoms with Gasteiger partial charge in [-0.15, -0.1) is 0 Å². The zero-order valence-electron chi connectivity index (χ0n) is 12.0. The molecule has 0 bridgehead atoms. The van der Waals surface area contributed by atoms with Crippen LogP contribution in [-0.4, -0.2) is 53.9 Å². The first kappa shape index (κ1) is 15.1. The quantitative estimate of drug-likeness (QED) is 0.850. The first-order valence-electron chi connectivity index (χ1n) is 6.28. The molecule has 0 radical (unpaired) electrons. The summed E-state index contributed by atoms with van der Waals surface area (Å²) in [6.07, 6.45) is 2.66. The van der Waals surface area contributed by atoms with Crippen molar-refractivity contribution >= 4 is 17.5 Å². The number of carbonyl (C=O) groups excluding carboxylic acids is 2. The van der Waals surface area contributed by atoms with Crippen molar-refractivity contribution in [3.05, 3.63) is 18.0 Å². The Morgan fingerprint density at radius 2 is 1.95 bits per heavy atom. The van der Waals surface area contributed by atoms with Gasteiger partial charge in [0.15, 0.2) is 0 Å². The topological polar surface area (TPSA) is 71.6 Å². The van der Waals surface area contributed by atoms with Crippen molar-refractivity contribution in [1.82, 2.24) is 14.4 Å². The lowest BCUT2D eigenvalue weighted by Crippen LogP contribution is -2.38. The molecular formula is C13H22N4O2. The van der Waals surface area contributed by atoms with Gasteiger partial charge in [0.05, 0.1) is 12.2 Å². The van der Waals surface area contributed by atoms with Gasteiger partial charge < -0.3 is 20.1 Å². The average molecular weight is 266 g/mol. The number of rotatable bonds is 5. The van der Waals surface area contributed by atoms with Gasteiger partial charge in [-0.2, -0.15) is 0 Å². The van der Waals surface area contributed by atoms with E-state index in [0.29, 0.717) is 11.4 Å². The Morgan fingerprint density at radius 1 is 1.32 bits per heavy atom. The number of hydrogen-bond acceptors (Lipinski definition) is 3. The molecule has 1 aromatic heterocycles. The second-order valence-electron chi connectivity index (χ2n) is 4.80. The van der Waals surface area contributed by atoms with E-state index < -0.39 is 0 Å². The molecule has 0 fully saturated rings. The van der Waals surface area contributed by atoms with Crippen LogP contribution in [0.2, 0.25) is 0 Å². The fraction of sp³-hybridized carbons (Fsp3) is 0.538. The van der Waals surface area contributed by atoms with Crippen LogP contribution in [-0.2, 0) is 11.3 Å². The highest BCUT2D eigenvalue weighted by Crippen LogP contribution is 2.13. The van der Waals surface area contributed by atoms with Gasteiger partial charge in [-0.3, -0.25) is 9.59 Å². The second-order valence-corrected chi connectivity index (χ2v) is 4.80. The third-order valence-corrected chi connectivity index (χ3v) is 2.82. The Balaban J connectivity index is 2.84. The van der Waals surface area contributed by atoms with Crippen LogP contribution in [0.4, 0.5) is 5.69 Å². The fourth-order valence-corrected chi connectivity index (χ4v) is 1.75. The van der Waals surface area contributed by atoms with Gasteiger partial charge in [-0.05, 0) is 12.5 Å². The van der Waals surface area contributed by atoms with E-state index in [1.165, 1.54) is 9.80 Å². The minimum atomic E-state index is -0.194. The Labute approximate surface area is 113 Å². The molecule has 0 aliphatic heterocycles. The number of anilines is 1. The predicted molar refractivity (Wildman–Crippen MR) is 74.8 cm³/mol. The number of nitrogen functional groups attached to an aromatic ring is 1. The number of nitrogens with two attached hydrogens (primary N) is 1. The molecule has 1 heterocycles. The van der Waals surface area contributed by atoms with Crippen LogP contribution in [0, 0.1) is 0 Å². The van der Waals surface area contributed by atoms with E-state index in [1.54, 1.807) is 33.4 Å². The third-order valence-electron chi connectivity index (χ3n) is 2.82. The summed E-state index contributed by atoms with van der Waals surface area (Å²) in [6.45, 7) is 2.82. The van der Waals surface area contributed by atoms with Gasteiger partial charge in [-0.1, -0.05) is 6.92 Å². The Morgan fingerprint density at radius 3 is 2.47 bits per heavy atom. The summed E-state index contributed by atoms with van der Waals surface area (Å²) < 4.78 is 1.83. The van der Waals surface area contributed by atoms with Crippen LogP contribution >= 0.6 is 0 Å². The van der Waals surface area contributed by atoms with Crippen LogP contribution < -0.4 is 5.73 Å². The molecule has 6 heteroatoms. The van der Waals surface area contributed by atoms with Crippen LogP contribution in [0.5, 0.6) is 0 Å².